The number of aryl methyl sites for hydroxylation is 2. The molecule has 2 fully saturated rings. The van der Waals surface area contributed by atoms with Crippen LogP contribution in [0.4, 0.5) is 13.2 Å². The molecule has 0 unspecified atom stereocenters. The van der Waals surface area contributed by atoms with Crippen molar-refractivity contribution in [1.29, 1.82) is 0 Å². The number of hydrogen-bond acceptors (Lipinski definition) is 2. The average Bonchev–Trinajstić information content (AvgIpc) is 3.19. The van der Waals surface area contributed by atoms with Gasteiger partial charge in [0.05, 0.1) is 11.2 Å². The second-order valence-corrected chi connectivity index (χ2v) is 9.53. The molecule has 2 heterocycles. The van der Waals surface area contributed by atoms with Crippen molar-refractivity contribution < 1.29 is 17.9 Å². The molecule has 1 atom stereocenters. The second kappa shape index (κ2) is 8.93. The first-order valence-electron chi connectivity index (χ1n) is 11.5. The third-order valence-electron chi connectivity index (χ3n) is 7.47. The maximum Gasteiger partial charge on any atom is 0.416 e. The standard InChI is InChI=1S/C26H32F3NO/c1-20-10-15-30-18-21(20)7-2-3-11-24(14-16-31-25(19-24)12-4-5-13-25)22-8-6-9-23(17-22)26(27,28)29/h6,8-10,15,17-18H,2-5,7,11-14,16,19H2,1H3/t24-/m1/s1. The van der Waals surface area contributed by atoms with Crippen LogP contribution in [0.3, 0.4) is 0 Å². The van der Waals surface area contributed by atoms with E-state index in [1.165, 1.54) is 23.3 Å². The quantitative estimate of drug-likeness (QED) is 0.452. The molecule has 31 heavy (non-hydrogen) atoms. The molecule has 1 saturated carbocycles. The van der Waals surface area contributed by atoms with Gasteiger partial charge in [-0.2, -0.15) is 13.2 Å². The summed E-state index contributed by atoms with van der Waals surface area (Å²) in [5.41, 5.74) is 2.42. The minimum Gasteiger partial charge on any atom is -0.375 e. The Kier molecular flexibility index (Phi) is 6.43. The van der Waals surface area contributed by atoms with Crippen molar-refractivity contribution in [3.05, 3.63) is 65.0 Å². The summed E-state index contributed by atoms with van der Waals surface area (Å²) in [6.07, 6.45) is 9.29. The molecule has 1 aromatic carbocycles. The van der Waals surface area contributed by atoms with Crippen LogP contribution in [-0.2, 0) is 22.7 Å². The zero-order valence-electron chi connectivity index (χ0n) is 18.3. The molecule has 168 valence electrons. The molecular formula is C26H32F3NO. The van der Waals surface area contributed by atoms with E-state index in [4.69, 9.17) is 4.74 Å². The summed E-state index contributed by atoms with van der Waals surface area (Å²) in [5, 5.41) is 0. The SMILES string of the molecule is Cc1ccncc1CCCC[C@@]1(c2cccc(C(F)(F)F)c2)CCOC2(CCCC2)C1. The van der Waals surface area contributed by atoms with E-state index < -0.39 is 11.7 Å². The molecule has 1 saturated heterocycles. The number of benzene rings is 1. The normalized spacial score (nSPS) is 23.4. The van der Waals surface area contributed by atoms with Crippen LogP contribution in [0.2, 0.25) is 0 Å². The predicted octanol–water partition coefficient (Wildman–Crippen LogP) is 7.18. The smallest absolute Gasteiger partial charge is 0.375 e. The van der Waals surface area contributed by atoms with Gasteiger partial charge in [0.15, 0.2) is 0 Å². The highest BCUT2D eigenvalue weighted by atomic mass is 19.4. The molecule has 1 spiro atoms. The Hall–Kier alpha value is -1.88. The van der Waals surface area contributed by atoms with E-state index in [0.29, 0.717) is 6.61 Å². The van der Waals surface area contributed by atoms with Gasteiger partial charge in [-0.25, -0.2) is 0 Å². The van der Waals surface area contributed by atoms with Gasteiger partial charge in [-0.3, -0.25) is 4.98 Å². The maximum atomic E-state index is 13.5. The number of halogens is 3. The van der Waals surface area contributed by atoms with Gasteiger partial charge in [0, 0.05) is 24.4 Å². The topological polar surface area (TPSA) is 22.1 Å². The Balaban J connectivity index is 1.55. The lowest BCUT2D eigenvalue weighted by molar-refractivity contribution is -0.137. The lowest BCUT2D eigenvalue weighted by atomic mass is 9.65. The summed E-state index contributed by atoms with van der Waals surface area (Å²) >= 11 is 0. The van der Waals surface area contributed by atoms with Crippen LogP contribution in [0.1, 0.15) is 80.0 Å². The van der Waals surface area contributed by atoms with E-state index in [-0.39, 0.29) is 11.0 Å². The van der Waals surface area contributed by atoms with Crippen molar-refractivity contribution in [2.75, 3.05) is 6.61 Å². The molecular weight excluding hydrogens is 399 g/mol. The molecule has 0 N–H and O–H groups in total. The van der Waals surface area contributed by atoms with Crippen molar-refractivity contribution in [3.8, 4) is 0 Å². The fourth-order valence-corrected chi connectivity index (χ4v) is 5.73. The van der Waals surface area contributed by atoms with Crippen LogP contribution < -0.4 is 0 Å². The highest BCUT2D eigenvalue weighted by molar-refractivity contribution is 5.33. The molecule has 0 amide bonds. The van der Waals surface area contributed by atoms with Crippen LogP contribution in [0.5, 0.6) is 0 Å². The summed E-state index contributed by atoms with van der Waals surface area (Å²) in [5.74, 6) is 0. The number of unbranched alkanes of at least 4 members (excludes halogenated alkanes) is 1. The molecule has 1 aliphatic heterocycles. The Morgan fingerprint density at radius 1 is 1.06 bits per heavy atom. The van der Waals surface area contributed by atoms with Crippen molar-refractivity contribution >= 4 is 0 Å². The van der Waals surface area contributed by atoms with E-state index in [9.17, 15) is 13.2 Å². The number of alkyl halides is 3. The van der Waals surface area contributed by atoms with Crippen molar-refractivity contribution in [1.82, 2.24) is 4.98 Å². The van der Waals surface area contributed by atoms with Crippen molar-refractivity contribution in [2.45, 2.75) is 88.3 Å². The van der Waals surface area contributed by atoms with Gasteiger partial charge in [0.2, 0.25) is 0 Å². The molecule has 0 radical (unpaired) electrons. The Morgan fingerprint density at radius 3 is 2.61 bits per heavy atom. The van der Waals surface area contributed by atoms with Gasteiger partial charge in [0.25, 0.3) is 0 Å². The first-order valence-corrected chi connectivity index (χ1v) is 11.5. The van der Waals surface area contributed by atoms with E-state index in [0.717, 1.165) is 69.8 Å². The predicted molar refractivity (Wildman–Crippen MR) is 116 cm³/mol. The summed E-state index contributed by atoms with van der Waals surface area (Å²) in [4.78, 5) is 4.23. The lowest BCUT2D eigenvalue weighted by Crippen LogP contribution is -2.46. The molecule has 1 aliphatic carbocycles. The van der Waals surface area contributed by atoms with E-state index in [2.05, 4.69) is 11.9 Å². The molecule has 2 nitrogen and oxygen atoms in total. The monoisotopic (exact) mass is 431 g/mol. The van der Waals surface area contributed by atoms with Crippen LogP contribution in [0, 0.1) is 6.92 Å². The number of rotatable bonds is 6. The highest BCUT2D eigenvalue weighted by Crippen LogP contribution is 2.51. The number of nitrogens with zero attached hydrogens (tertiary/aromatic N) is 1. The zero-order chi connectivity index (χ0) is 22.0. The van der Waals surface area contributed by atoms with E-state index in [1.54, 1.807) is 6.07 Å². The third-order valence-corrected chi connectivity index (χ3v) is 7.47. The molecule has 4 rings (SSSR count). The third kappa shape index (κ3) is 4.97. The van der Waals surface area contributed by atoms with Gasteiger partial charge in [-0.05, 0) is 80.7 Å². The minimum absolute atomic E-state index is 0.146. The number of ether oxygens (including phenoxy) is 1. The molecule has 5 heteroatoms. The summed E-state index contributed by atoms with van der Waals surface area (Å²) in [6, 6.07) is 8.11. The van der Waals surface area contributed by atoms with E-state index in [1.807, 2.05) is 24.5 Å². The van der Waals surface area contributed by atoms with Gasteiger partial charge in [-0.15, -0.1) is 0 Å². The lowest BCUT2D eigenvalue weighted by Gasteiger charge is -2.47. The number of hydrogen-bond donors (Lipinski definition) is 0. The van der Waals surface area contributed by atoms with Gasteiger partial charge >= 0.3 is 6.18 Å². The Labute approximate surface area is 183 Å². The van der Waals surface area contributed by atoms with Gasteiger partial charge in [-0.1, -0.05) is 37.5 Å². The Morgan fingerprint density at radius 2 is 1.87 bits per heavy atom. The summed E-state index contributed by atoms with van der Waals surface area (Å²) in [7, 11) is 0. The first kappa shape index (κ1) is 22.3. The highest BCUT2D eigenvalue weighted by Gasteiger charge is 2.48. The van der Waals surface area contributed by atoms with Crippen LogP contribution in [0.15, 0.2) is 42.7 Å². The largest absolute Gasteiger partial charge is 0.416 e. The zero-order valence-corrected chi connectivity index (χ0v) is 18.3. The van der Waals surface area contributed by atoms with Crippen LogP contribution >= 0.6 is 0 Å². The Bertz CT molecular complexity index is 888. The van der Waals surface area contributed by atoms with Gasteiger partial charge < -0.3 is 4.74 Å². The molecule has 1 aromatic heterocycles. The average molecular weight is 432 g/mol. The minimum atomic E-state index is -4.31. The number of aromatic nitrogens is 1. The summed E-state index contributed by atoms with van der Waals surface area (Å²) in [6.45, 7) is 2.74. The first-order chi connectivity index (χ1) is 14.8. The van der Waals surface area contributed by atoms with E-state index >= 15 is 0 Å². The van der Waals surface area contributed by atoms with Crippen LogP contribution in [-0.4, -0.2) is 17.2 Å². The molecule has 0 bridgehead atoms. The molecule has 2 aliphatic rings. The van der Waals surface area contributed by atoms with Crippen LogP contribution in [0.25, 0.3) is 0 Å². The summed E-state index contributed by atoms with van der Waals surface area (Å²) < 4.78 is 46.6. The molecule has 2 aromatic rings. The van der Waals surface area contributed by atoms with Crippen molar-refractivity contribution in [2.24, 2.45) is 0 Å². The fraction of sp³-hybridized carbons (Fsp3) is 0.577. The fourth-order valence-electron chi connectivity index (χ4n) is 5.73. The number of pyridine rings is 1. The second-order valence-electron chi connectivity index (χ2n) is 9.53. The van der Waals surface area contributed by atoms with Gasteiger partial charge in [0.1, 0.15) is 0 Å². The maximum absolute atomic E-state index is 13.5. The van der Waals surface area contributed by atoms with Crippen molar-refractivity contribution in [3.63, 3.8) is 0 Å².